The molecule has 0 aliphatic heterocycles. The average Bonchev–Trinajstić information content (AvgIpc) is 2.30. The summed E-state index contributed by atoms with van der Waals surface area (Å²) in [7, 11) is 0. The molecule has 0 saturated heterocycles. The summed E-state index contributed by atoms with van der Waals surface area (Å²) < 4.78 is 11.8. The van der Waals surface area contributed by atoms with Crippen LogP contribution >= 0.6 is 0 Å². The van der Waals surface area contributed by atoms with Gasteiger partial charge in [-0.15, -0.1) is 0 Å². The van der Waals surface area contributed by atoms with E-state index in [1.54, 1.807) is 12.1 Å². The lowest BCUT2D eigenvalue weighted by atomic mass is 9.84. The lowest BCUT2D eigenvalue weighted by Crippen LogP contribution is -2.03. The maximum Gasteiger partial charge on any atom is 0.171 e. The summed E-state index contributed by atoms with van der Waals surface area (Å²) in [5.41, 5.74) is 1.32. The van der Waals surface area contributed by atoms with Crippen molar-refractivity contribution < 1.29 is 9.47 Å². The van der Waals surface area contributed by atoms with Crippen molar-refractivity contribution >= 4 is 0 Å². The van der Waals surface area contributed by atoms with E-state index in [1.165, 1.54) is 37.7 Å². The third kappa shape index (κ3) is 2.06. The first-order chi connectivity index (χ1) is 6.90. The lowest BCUT2D eigenvalue weighted by molar-refractivity contribution is -0.00623. The first-order valence-electron chi connectivity index (χ1n) is 5.28. The highest BCUT2D eigenvalue weighted by atomic mass is 19.3. The molecule has 76 valence electrons. The Morgan fingerprint density at radius 1 is 1.00 bits per heavy atom. The molecule has 0 amide bonds. The largest absolute Gasteiger partial charge is 0.294 e. The van der Waals surface area contributed by atoms with E-state index >= 15 is 0 Å². The Morgan fingerprint density at radius 3 is 2.21 bits per heavy atom. The van der Waals surface area contributed by atoms with Crippen molar-refractivity contribution in [2.75, 3.05) is 0 Å². The molecule has 1 aliphatic carbocycles. The summed E-state index contributed by atoms with van der Waals surface area (Å²) in [5.74, 6) is 0.974. The zero-order chi connectivity index (χ0) is 9.80. The van der Waals surface area contributed by atoms with Gasteiger partial charge in [0.15, 0.2) is 5.75 Å². The monoisotopic (exact) mass is 194 g/mol. The molecule has 0 bridgehead atoms. The Bertz CT molecular complexity index is 275. The van der Waals surface area contributed by atoms with Crippen LogP contribution < -0.4 is 4.94 Å². The molecular weight excluding hydrogens is 179 g/mol. The van der Waals surface area contributed by atoms with Crippen molar-refractivity contribution in [1.29, 1.82) is 0 Å². The molecule has 1 aromatic rings. The van der Waals surface area contributed by atoms with E-state index in [0.717, 1.165) is 0 Å². The van der Waals surface area contributed by atoms with Gasteiger partial charge in [0.25, 0.3) is 0 Å². The third-order valence-electron chi connectivity index (χ3n) is 3.05. The number of hydrogen-bond acceptors (Lipinski definition) is 1. The standard InChI is InChI=1S/C12H15FO/c13-14-12-8-6-11(7-9-12)10-4-2-1-3-5-10/h6-10H,1-5H2. The van der Waals surface area contributed by atoms with Crippen molar-refractivity contribution in [3.05, 3.63) is 29.8 Å². The van der Waals surface area contributed by atoms with Crippen LogP contribution in [0.15, 0.2) is 24.3 Å². The average molecular weight is 194 g/mol. The highest BCUT2D eigenvalue weighted by molar-refractivity contribution is 5.29. The predicted octanol–water partition coefficient (Wildman–Crippen LogP) is 4.00. The van der Waals surface area contributed by atoms with Crippen LogP contribution in [0.3, 0.4) is 0 Å². The van der Waals surface area contributed by atoms with Gasteiger partial charge >= 0.3 is 0 Å². The fraction of sp³-hybridized carbons (Fsp3) is 0.500. The summed E-state index contributed by atoms with van der Waals surface area (Å²) in [4.78, 5) is 3.66. The highest BCUT2D eigenvalue weighted by Gasteiger charge is 2.15. The molecule has 0 unspecified atom stereocenters. The summed E-state index contributed by atoms with van der Waals surface area (Å²) in [6, 6.07) is 7.35. The van der Waals surface area contributed by atoms with Crippen molar-refractivity contribution in [3.8, 4) is 5.75 Å². The lowest BCUT2D eigenvalue weighted by Gasteiger charge is -2.21. The number of halogens is 1. The van der Waals surface area contributed by atoms with Gasteiger partial charge in [0, 0.05) is 4.53 Å². The van der Waals surface area contributed by atoms with E-state index < -0.39 is 0 Å². The molecule has 0 aromatic heterocycles. The molecule has 14 heavy (non-hydrogen) atoms. The Balaban J connectivity index is 2.07. The van der Waals surface area contributed by atoms with Crippen LogP contribution in [0.2, 0.25) is 0 Å². The van der Waals surface area contributed by atoms with Gasteiger partial charge in [0.05, 0.1) is 0 Å². The van der Waals surface area contributed by atoms with Crippen LogP contribution in [-0.4, -0.2) is 0 Å². The minimum atomic E-state index is 0.296. The fourth-order valence-electron chi connectivity index (χ4n) is 2.23. The first kappa shape index (κ1) is 9.50. The summed E-state index contributed by atoms with van der Waals surface area (Å²) in [6.07, 6.45) is 6.56. The fourth-order valence-corrected chi connectivity index (χ4v) is 2.23. The minimum absolute atomic E-state index is 0.296. The van der Waals surface area contributed by atoms with Crippen LogP contribution in [0.5, 0.6) is 5.75 Å². The van der Waals surface area contributed by atoms with Crippen molar-refractivity contribution in [2.24, 2.45) is 0 Å². The van der Waals surface area contributed by atoms with Crippen LogP contribution in [0.1, 0.15) is 43.6 Å². The van der Waals surface area contributed by atoms with E-state index in [1.807, 2.05) is 12.1 Å². The van der Waals surface area contributed by atoms with Crippen LogP contribution in [-0.2, 0) is 0 Å². The second-order valence-electron chi connectivity index (χ2n) is 3.98. The molecule has 1 aromatic carbocycles. The van der Waals surface area contributed by atoms with Gasteiger partial charge in [0.2, 0.25) is 0 Å². The molecule has 0 atom stereocenters. The first-order valence-corrected chi connectivity index (χ1v) is 5.28. The van der Waals surface area contributed by atoms with E-state index in [9.17, 15) is 4.53 Å². The molecule has 1 fully saturated rings. The van der Waals surface area contributed by atoms with Crippen LogP contribution in [0, 0.1) is 0 Å². The Labute approximate surface area is 83.8 Å². The van der Waals surface area contributed by atoms with Crippen molar-refractivity contribution in [3.63, 3.8) is 0 Å². The van der Waals surface area contributed by atoms with Gasteiger partial charge in [-0.25, -0.2) is 0 Å². The highest BCUT2D eigenvalue weighted by Crippen LogP contribution is 2.33. The van der Waals surface area contributed by atoms with Crippen molar-refractivity contribution in [2.45, 2.75) is 38.0 Å². The smallest absolute Gasteiger partial charge is 0.171 e. The van der Waals surface area contributed by atoms with E-state index in [2.05, 4.69) is 4.94 Å². The molecule has 0 radical (unpaired) electrons. The van der Waals surface area contributed by atoms with Gasteiger partial charge in [-0.05, 0) is 36.5 Å². The molecule has 0 heterocycles. The second-order valence-corrected chi connectivity index (χ2v) is 3.98. The number of hydrogen-bond donors (Lipinski definition) is 0. The van der Waals surface area contributed by atoms with E-state index in [4.69, 9.17) is 0 Å². The van der Waals surface area contributed by atoms with Crippen molar-refractivity contribution in [1.82, 2.24) is 0 Å². The maximum atomic E-state index is 11.8. The van der Waals surface area contributed by atoms with Gasteiger partial charge in [-0.3, -0.25) is 4.94 Å². The topological polar surface area (TPSA) is 9.23 Å². The third-order valence-corrected chi connectivity index (χ3v) is 3.05. The summed E-state index contributed by atoms with van der Waals surface area (Å²) >= 11 is 0. The molecule has 0 spiro atoms. The molecule has 1 nitrogen and oxygen atoms in total. The SMILES string of the molecule is FOc1ccc(C2CCCCC2)cc1. The van der Waals surface area contributed by atoms with Gasteiger partial charge in [-0.1, -0.05) is 31.4 Å². The molecular formula is C12H15FO. The molecule has 2 rings (SSSR count). The zero-order valence-corrected chi connectivity index (χ0v) is 8.21. The van der Waals surface area contributed by atoms with E-state index in [-0.39, 0.29) is 0 Å². The molecule has 0 N–H and O–H groups in total. The van der Waals surface area contributed by atoms with Gasteiger partial charge in [0.1, 0.15) is 0 Å². The summed E-state index contributed by atoms with van der Waals surface area (Å²) in [5, 5.41) is 0. The van der Waals surface area contributed by atoms with Crippen LogP contribution in [0.4, 0.5) is 4.53 Å². The molecule has 1 aliphatic rings. The quantitative estimate of drug-likeness (QED) is 0.691. The van der Waals surface area contributed by atoms with Gasteiger partial charge in [-0.2, -0.15) is 0 Å². The Hall–Kier alpha value is -1.05. The number of rotatable bonds is 2. The van der Waals surface area contributed by atoms with Crippen LogP contribution in [0.25, 0.3) is 0 Å². The Kier molecular flexibility index (Phi) is 3.02. The zero-order valence-electron chi connectivity index (χ0n) is 8.21. The normalized spacial score (nSPS) is 18.1. The predicted molar refractivity (Wildman–Crippen MR) is 54.0 cm³/mol. The second kappa shape index (κ2) is 4.45. The summed E-state index contributed by atoms with van der Waals surface area (Å²) in [6.45, 7) is 0. The molecule has 2 heteroatoms. The Morgan fingerprint density at radius 2 is 1.64 bits per heavy atom. The van der Waals surface area contributed by atoms with Gasteiger partial charge < -0.3 is 0 Å². The van der Waals surface area contributed by atoms with E-state index in [0.29, 0.717) is 11.7 Å². The maximum absolute atomic E-state index is 11.8. The number of benzene rings is 1. The molecule has 1 saturated carbocycles. The minimum Gasteiger partial charge on any atom is -0.294 e.